The molecule has 1 fully saturated rings. The summed E-state index contributed by atoms with van der Waals surface area (Å²) in [6, 6.07) is 5.42. The van der Waals surface area contributed by atoms with Crippen LogP contribution in [0.2, 0.25) is 0 Å². The highest BCUT2D eigenvalue weighted by molar-refractivity contribution is 7.09. The number of aryl methyl sites for hydroxylation is 1. The summed E-state index contributed by atoms with van der Waals surface area (Å²) in [5.41, 5.74) is 1.67. The predicted octanol–water partition coefficient (Wildman–Crippen LogP) is 1.89. The van der Waals surface area contributed by atoms with E-state index in [9.17, 15) is 9.59 Å². The van der Waals surface area contributed by atoms with Crippen molar-refractivity contribution >= 4 is 28.8 Å². The first kappa shape index (κ1) is 16.8. The van der Waals surface area contributed by atoms with Crippen LogP contribution in [0.5, 0.6) is 11.5 Å². The van der Waals surface area contributed by atoms with Gasteiger partial charge in [0.25, 0.3) is 0 Å². The lowest BCUT2D eigenvalue weighted by atomic mass is 10.1. The van der Waals surface area contributed by atoms with Crippen molar-refractivity contribution in [2.45, 2.75) is 19.9 Å². The van der Waals surface area contributed by atoms with Crippen molar-refractivity contribution in [1.82, 2.24) is 10.3 Å². The first-order valence-electron chi connectivity index (χ1n) is 8.49. The number of fused-ring (bicyclic) bond motifs is 1. The average Bonchev–Trinajstić information content (AvgIpc) is 3.25. The molecule has 0 bridgehead atoms. The molecule has 1 N–H and O–H groups in total. The molecule has 1 aromatic heterocycles. The molecule has 1 atom stereocenters. The Morgan fingerprint density at radius 3 is 2.92 bits per heavy atom. The van der Waals surface area contributed by atoms with Gasteiger partial charge in [-0.2, -0.15) is 0 Å². The molecular formula is C18H19N3O4S. The van der Waals surface area contributed by atoms with Gasteiger partial charge >= 0.3 is 0 Å². The molecule has 136 valence electrons. The number of benzene rings is 1. The van der Waals surface area contributed by atoms with E-state index in [1.54, 1.807) is 17.0 Å². The summed E-state index contributed by atoms with van der Waals surface area (Å²) in [4.78, 5) is 30.8. The fourth-order valence-electron chi connectivity index (χ4n) is 3.12. The molecular weight excluding hydrogens is 354 g/mol. The Morgan fingerprint density at radius 2 is 2.15 bits per heavy atom. The Hall–Kier alpha value is -2.61. The van der Waals surface area contributed by atoms with Gasteiger partial charge in [0.1, 0.15) is 18.2 Å². The molecule has 2 amide bonds. The zero-order chi connectivity index (χ0) is 18.1. The summed E-state index contributed by atoms with van der Waals surface area (Å²) >= 11 is 1.52. The zero-order valence-electron chi connectivity index (χ0n) is 14.4. The molecule has 0 unspecified atom stereocenters. The molecule has 0 radical (unpaired) electrons. The molecule has 2 aliphatic heterocycles. The number of carbonyl (C=O) groups excluding carboxylic acids is 2. The number of hydrogen-bond acceptors (Lipinski definition) is 6. The molecule has 1 saturated heterocycles. The van der Waals surface area contributed by atoms with Crippen molar-refractivity contribution in [3.05, 3.63) is 34.3 Å². The molecule has 26 heavy (non-hydrogen) atoms. The third kappa shape index (κ3) is 3.37. The summed E-state index contributed by atoms with van der Waals surface area (Å²) in [5.74, 6) is 0.767. The third-order valence-electron chi connectivity index (χ3n) is 4.41. The monoisotopic (exact) mass is 373 g/mol. The van der Waals surface area contributed by atoms with Gasteiger partial charge in [-0.25, -0.2) is 4.98 Å². The molecule has 8 heteroatoms. The molecule has 2 aliphatic rings. The molecule has 0 aliphatic carbocycles. The number of hydrogen-bond donors (Lipinski definition) is 1. The molecule has 2 aromatic rings. The van der Waals surface area contributed by atoms with Gasteiger partial charge in [0.15, 0.2) is 11.5 Å². The fraction of sp³-hybridized carbons (Fsp3) is 0.389. The van der Waals surface area contributed by atoms with Crippen LogP contribution in [0.4, 0.5) is 5.69 Å². The first-order valence-corrected chi connectivity index (χ1v) is 9.37. The second-order valence-electron chi connectivity index (χ2n) is 6.33. The standard InChI is InChI=1S/C18H19N3O4S/c1-11-10-26-16(20-11)8-19-18(23)12-6-17(22)21(9-12)13-2-3-14-15(7-13)25-5-4-24-14/h2-3,7,10,12H,4-6,8-9H2,1H3,(H,19,23)/t12-/m1/s1. The lowest BCUT2D eigenvalue weighted by molar-refractivity contribution is -0.126. The van der Waals surface area contributed by atoms with Crippen molar-refractivity contribution in [1.29, 1.82) is 0 Å². The smallest absolute Gasteiger partial charge is 0.227 e. The van der Waals surface area contributed by atoms with Crippen molar-refractivity contribution in [2.24, 2.45) is 5.92 Å². The minimum absolute atomic E-state index is 0.0630. The fourth-order valence-corrected chi connectivity index (χ4v) is 3.84. The number of anilines is 1. The van der Waals surface area contributed by atoms with Gasteiger partial charge < -0.3 is 19.7 Å². The second kappa shape index (κ2) is 6.95. The van der Waals surface area contributed by atoms with Crippen LogP contribution in [-0.2, 0) is 16.1 Å². The van der Waals surface area contributed by atoms with E-state index in [1.165, 1.54) is 11.3 Å². The van der Waals surface area contributed by atoms with Crippen molar-refractivity contribution < 1.29 is 19.1 Å². The van der Waals surface area contributed by atoms with E-state index in [2.05, 4.69) is 10.3 Å². The minimum Gasteiger partial charge on any atom is -0.486 e. The van der Waals surface area contributed by atoms with Gasteiger partial charge in [-0.1, -0.05) is 0 Å². The normalized spacial score (nSPS) is 18.9. The minimum atomic E-state index is -0.364. The lowest BCUT2D eigenvalue weighted by Gasteiger charge is -2.22. The molecule has 0 spiro atoms. The Labute approximate surface area is 154 Å². The van der Waals surface area contributed by atoms with Gasteiger partial charge in [0, 0.05) is 35.8 Å². The quantitative estimate of drug-likeness (QED) is 0.885. The van der Waals surface area contributed by atoms with Crippen molar-refractivity contribution in [3.63, 3.8) is 0 Å². The van der Waals surface area contributed by atoms with E-state index >= 15 is 0 Å². The number of nitrogens with zero attached hydrogens (tertiary/aromatic N) is 2. The summed E-state index contributed by atoms with van der Waals surface area (Å²) in [6.45, 7) is 3.69. The third-order valence-corrected chi connectivity index (χ3v) is 5.38. The van der Waals surface area contributed by atoms with Crippen LogP contribution in [0.15, 0.2) is 23.6 Å². The van der Waals surface area contributed by atoms with Crippen LogP contribution in [0, 0.1) is 12.8 Å². The number of aromatic nitrogens is 1. The largest absolute Gasteiger partial charge is 0.486 e. The second-order valence-corrected chi connectivity index (χ2v) is 7.28. The summed E-state index contributed by atoms with van der Waals surface area (Å²) in [5, 5.41) is 5.70. The highest BCUT2D eigenvalue weighted by atomic mass is 32.1. The van der Waals surface area contributed by atoms with Crippen LogP contribution in [0.25, 0.3) is 0 Å². The van der Waals surface area contributed by atoms with E-state index in [0.717, 1.165) is 16.4 Å². The molecule has 7 nitrogen and oxygen atoms in total. The van der Waals surface area contributed by atoms with Crippen LogP contribution in [0.1, 0.15) is 17.1 Å². The maximum atomic E-state index is 12.4. The highest BCUT2D eigenvalue weighted by Gasteiger charge is 2.35. The SMILES string of the molecule is Cc1csc(CNC(=O)[C@@H]2CC(=O)N(c3ccc4c(c3)OCCO4)C2)n1. The summed E-state index contributed by atoms with van der Waals surface area (Å²) in [7, 11) is 0. The number of amides is 2. The van der Waals surface area contributed by atoms with Crippen LogP contribution in [-0.4, -0.2) is 36.6 Å². The van der Waals surface area contributed by atoms with E-state index in [-0.39, 0.29) is 24.2 Å². The van der Waals surface area contributed by atoms with E-state index in [0.29, 0.717) is 37.8 Å². The Bertz CT molecular complexity index is 851. The van der Waals surface area contributed by atoms with Crippen molar-refractivity contribution in [3.8, 4) is 11.5 Å². The molecule has 4 rings (SSSR count). The van der Waals surface area contributed by atoms with Gasteiger partial charge in [-0.05, 0) is 19.1 Å². The van der Waals surface area contributed by atoms with E-state index < -0.39 is 0 Å². The number of rotatable bonds is 4. The van der Waals surface area contributed by atoms with Crippen LogP contribution in [0.3, 0.4) is 0 Å². The summed E-state index contributed by atoms with van der Waals surface area (Å²) in [6.07, 6.45) is 0.206. The number of thiazole rings is 1. The zero-order valence-corrected chi connectivity index (χ0v) is 15.2. The van der Waals surface area contributed by atoms with Gasteiger partial charge in [-0.15, -0.1) is 11.3 Å². The van der Waals surface area contributed by atoms with Crippen molar-refractivity contribution in [2.75, 3.05) is 24.7 Å². The molecule has 3 heterocycles. The topological polar surface area (TPSA) is 80.8 Å². The van der Waals surface area contributed by atoms with E-state index in [1.807, 2.05) is 18.4 Å². The maximum absolute atomic E-state index is 12.4. The maximum Gasteiger partial charge on any atom is 0.227 e. The van der Waals surface area contributed by atoms with Crippen LogP contribution < -0.4 is 19.7 Å². The average molecular weight is 373 g/mol. The van der Waals surface area contributed by atoms with Gasteiger partial charge in [0.2, 0.25) is 11.8 Å². The van der Waals surface area contributed by atoms with Gasteiger partial charge in [-0.3, -0.25) is 9.59 Å². The Morgan fingerprint density at radius 1 is 1.35 bits per heavy atom. The lowest BCUT2D eigenvalue weighted by Crippen LogP contribution is -2.32. The summed E-state index contributed by atoms with van der Waals surface area (Å²) < 4.78 is 11.1. The highest BCUT2D eigenvalue weighted by Crippen LogP contribution is 2.36. The Balaban J connectivity index is 1.41. The van der Waals surface area contributed by atoms with E-state index in [4.69, 9.17) is 9.47 Å². The van der Waals surface area contributed by atoms with Crippen LogP contribution >= 0.6 is 11.3 Å². The molecule has 1 aromatic carbocycles. The number of nitrogens with one attached hydrogen (secondary N) is 1. The predicted molar refractivity (Wildman–Crippen MR) is 96.6 cm³/mol. The molecule has 0 saturated carbocycles. The van der Waals surface area contributed by atoms with Gasteiger partial charge in [0.05, 0.1) is 12.5 Å². The first-order chi connectivity index (χ1) is 12.6. The number of ether oxygens (including phenoxy) is 2. The number of carbonyl (C=O) groups is 2. The Kier molecular flexibility index (Phi) is 4.50.